The van der Waals surface area contributed by atoms with Crippen LogP contribution in [0.5, 0.6) is 0 Å². The molecule has 0 bridgehead atoms. The highest BCUT2D eigenvalue weighted by molar-refractivity contribution is 7.98. The fourth-order valence-corrected chi connectivity index (χ4v) is 3.12. The van der Waals surface area contributed by atoms with Gasteiger partial charge in [0.05, 0.1) is 25.5 Å². The summed E-state index contributed by atoms with van der Waals surface area (Å²) in [6.45, 7) is 2.63. The lowest BCUT2D eigenvalue weighted by atomic mass is 10.2. The van der Waals surface area contributed by atoms with Crippen LogP contribution >= 0.6 is 11.8 Å². The third kappa shape index (κ3) is 4.75. The Kier molecular flexibility index (Phi) is 6.99. The number of carbonyl (C=O) groups is 1. The van der Waals surface area contributed by atoms with E-state index in [0.29, 0.717) is 42.8 Å². The summed E-state index contributed by atoms with van der Waals surface area (Å²) in [6.07, 6.45) is 3.43. The monoisotopic (exact) mass is 389 g/mol. The van der Waals surface area contributed by atoms with Gasteiger partial charge in [-0.3, -0.25) is 9.80 Å². The summed E-state index contributed by atoms with van der Waals surface area (Å²) in [5, 5.41) is 16.4. The number of anilines is 2. The number of benzene rings is 1. The first-order valence-electron chi connectivity index (χ1n) is 8.72. The smallest absolute Gasteiger partial charge is 0.256 e. The molecule has 0 unspecified atom stereocenters. The van der Waals surface area contributed by atoms with Crippen LogP contribution in [0.2, 0.25) is 0 Å². The molecule has 144 valence electrons. The number of carbonyl (C=O) groups excluding carboxylic acids is 1. The van der Waals surface area contributed by atoms with Crippen molar-refractivity contribution in [2.24, 2.45) is 0 Å². The maximum atomic E-state index is 12.7. The molecule has 8 nitrogen and oxygen atoms in total. The van der Waals surface area contributed by atoms with Gasteiger partial charge in [-0.2, -0.15) is 0 Å². The molecule has 1 amide bonds. The molecular formula is C18H23N5O3S. The van der Waals surface area contributed by atoms with Crippen molar-refractivity contribution in [2.75, 3.05) is 50.7 Å². The zero-order chi connectivity index (χ0) is 19.1. The van der Waals surface area contributed by atoms with Crippen LogP contribution < -0.4 is 10.3 Å². The molecule has 27 heavy (non-hydrogen) atoms. The molecule has 0 spiro atoms. The zero-order valence-electron chi connectivity index (χ0n) is 15.2. The van der Waals surface area contributed by atoms with E-state index < -0.39 is 0 Å². The lowest BCUT2D eigenvalue weighted by molar-refractivity contribution is 0.0373. The van der Waals surface area contributed by atoms with Gasteiger partial charge in [-0.15, -0.1) is 0 Å². The minimum atomic E-state index is -0.319. The van der Waals surface area contributed by atoms with Crippen molar-refractivity contribution >= 4 is 29.2 Å². The van der Waals surface area contributed by atoms with Crippen molar-refractivity contribution in [1.29, 1.82) is 0 Å². The molecule has 2 aromatic rings. The number of aromatic nitrogens is 2. The van der Waals surface area contributed by atoms with E-state index in [1.54, 1.807) is 0 Å². The summed E-state index contributed by atoms with van der Waals surface area (Å²) in [7, 11) is 0. The minimum absolute atomic E-state index is 0.128. The van der Waals surface area contributed by atoms with E-state index in [9.17, 15) is 4.79 Å². The van der Waals surface area contributed by atoms with Crippen LogP contribution in [0, 0.1) is 0 Å². The van der Waals surface area contributed by atoms with E-state index in [-0.39, 0.29) is 19.1 Å². The average molecular weight is 389 g/mol. The number of aliphatic hydroxyl groups excluding tert-OH is 1. The first-order chi connectivity index (χ1) is 13.2. The Morgan fingerprint density at radius 3 is 2.74 bits per heavy atom. The lowest BCUT2D eigenvalue weighted by Gasteiger charge is -2.38. The minimum Gasteiger partial charge on any atom is -0.395 e. The Hall–Kier alpha value is -2.20. The van der Waals surface area contributed by atoms with Gasteiger partial charge in [0.2, 0.25) is 0 Å². The number of hydrogen-bond donors (Lipinski definition) is 2. The molecule has 9 heteroatoms. The van der Waals surface area contributed by atoms with Gasteiger partial charge in [0.15, 0.2) is 11.0 Å². The number of aliphatic hydroxyl groups is 1. The van der Waals surface area contributed by atoms with Crippen LogP contribution in [-0.4, -0.2) is 71.7 Å². The summed E-state index contributed by atoms with van der Waals surface area (Å²) >= 11 is 1.42. The largest absolute Gasteiger partial charge is 0.395 e. The number of rotatable bonds is 7. The molecule has 1 aromatic heterocycles. The molecule has 1 aliphatic heterocycles. The van der Waals surface area contributed by atoms with Crippen LogP contribution in [0.3, 0.4) is 0 Å². The Morgan fingerprint density at radius 2 is 2.07 bits per heavy atom. The molecular weight excluding hydrogens is 366 g/mol. The third-order valence-electron chi connectivity index (χ3n) is 4.04. The van der Waals surface area contributed by atoms with Gasteiger partial charge in [-0.05, 0) is 18.4 Å². The molecule has 3 rings (SSSR count). The fraction of sp³-hybridized carbons (Fsp3) is 0.389. The summed E-state index contributed by atoms with van der Waals surface area (Å²) in [5.74, 6) is 0.193. The van der Waals surface area contributed by atoms with Crippen LogP contribution in [0.1, 0.15) is 10.4 Å². The first kappa shape index (κ1) is 19.6. The van der Waals surface area contributed by atoms with Gasteiger partial charge in [0.1, 0.15) is 5.56 Å². The van der Waals surface area contributed by atoms with Gasteiger partial charge in [0.25, 0.3) is 5.91 Å². The second-order valence-corrected chi connectivity index (χ2v) is 6.56. The first-order valence-corrected chi connectivity index (χ1v) is 9.95. The normalized spacial score (nSPS) is 14.7. The number of para-hydroxylation sites is 1. The van der Waals surface area contributed by atoms with E-state index in [2.05, 4.69) is 20.3 Å². The Morgan fingerprint density at radius 1 is 1.33 bits per heavy atom. The van der Waals surface area contributed by atoms with Crippen LogP contribution in [0.4, 0.5) is 11.5 Å². The van der Waals surface area contributed by atoms with Crippen LogP contribution in [0.25, 0.3) is 0 Å². The SMILES string of the molecule is CSc1ncc(C(=O)NCCO)c(N(c2ccccc2)N2CCOCC2)n1. The molecule has 0 atom stereocenters. The molecule has 0 radical (unpaired) electrons. The number of nitrogens with one attached hydrogen (secondary N) is 1. The van der Waals surface area contributed by atoms with E-state index in [1.807, 2.05) is 41.6 Å². The second-order valence-electron chi connectivity index (χ2n) is 5.79. The maximum Gasteiger partial charge on any atom is 0.256 e. The summed E-state index contributed by atoms with van der Waals surface area (Å²) in [5.41, 5.74) is 1.26. The molecule has 2 N–H and O–H groups in total. The van der Waals surface area contributed by atoms with Crippen molar-refractivity contribution in [3.8, 4) is 0 Å². The number of thioether (sulfide) groups is 1. The molecule has 0 aliphatic carbocycles. The van der Waals surface area contributed by atoms with Crippen molar-refractivity contribution in [1.82, 2.24) is 20.3 Å². The topological polar surface area (TPSA) is 90.8 Å². The van der Waals surface area contributed by atoms with Gasteiger partial charge in [0, 0.05) is 25.8 Å². The highest BCUT2D eigenvalue weighted by Gasteiger charge is 2.27. The Labute approximate surface area is 162 Å². The highest BCUT2D eigenvalue weighted by Crippen LogP contribution is 2.30. The molecule has 2 heterocycles. The number of ether oxygens (including phenoxy) is 1. The third-order valence-corrected chi connectivity index (χ3v) is 4.60. The predicted octanol–water partition coefficient (Wildman–Crippen LogP) is 1.31. The van der Waals surface area contributed by atoms with Crippen molar-refractivity contribution in [3.05, 3.63) is 42.1 Å². The van der Waals surface area contributed by atoms with E-state index >= 15 is 0 Å². The van der Waals surface area contributed by atoms with E-state index in [1.165, 1.54) is 18.0 Å². The summed E-state index contributed by atoms with van der Waals surface area (Å²) < 4.78 is 5.49. The number of hydrogen-bond acceptors (Lipinski definition) is 8. The highest BCUT2D eigenvalue weighted by atomic mass is 32.2. The maximum absolute atomic E-state index is 12.7. The zero-order valence-corrected chi connectivity index (χ0v) is 16.0. The van der Waals surface area contributed by atoms with Crippen molar-refractivity contribution < 1.29 is 14.6 Å². The van der Waals surface area contributed by atoms with Gasteiger partial charge < -0.3 is 15.2 Å². The number of nitrogens with zero attached hydrogens (tertiary/aromatic N) is 4. The molecule has 1 saturated heterocycles. The molecule has 1 aromatic carbocycles. The standard InChI is InChI=1S/C18H23N5O3S/c1-27-18-20-13-15(17(25)19-7-10-24)16(21-18)23(14-5-3-2-4-6-14)22-8-11-26-12-9-22/h2-6,13,24H,7-12H2,1H3,(H,19,25). The lowest BCUT2D eigenvalue weighted by Crippen LogP contribution is -2.47. The van der Waals surface area contributed by atoms with Gasteiger partial charge in [-0.25, -0.2) is 15.0 Å². The van der Waals surface area contributed by atoms with E-state index in [4.69, 9.17) is 9.84 Å². The van der Waals surface area contributed by atoms with Crippen LogP contribution in [-0.2, 0) is 4.74 Å². The number of amides is 1. The molecule has 0 saturated carbocycles. The quantitative estimate of drug-likeness (QED) is 0.541. The Balaban J connectivity index is 2.07. The second kappa shape index (κ2) is 9.65. The predicted molar refractivity (Wildman–Crippen MR) is 104 cm³/mol. The van der Waals surface area contributed by atoms with Gasteiger partial charge >= 0.3 is 0 Å². The van der Waals surface area contributed by atoms with E-state index in [0.717, 1.165) is 5.69 Å². The summed E-state index contributed by atoms with van der Waals surface area (Å²) in [6, 6.07) is 9.80. The molecule has 1 fully saturated rings. The number of morpholine rings is 1. The Bertz CT molecular complexity index is 756. The average Bonchev–Trinajstić information content (AvgIpc) is 2.73. The number of hydrazine groups is 1. The fourth-order valence-electron chi connectivity index (χ4n) is 2.78. The summed E-state index contributed by atoms with van der Waals surface area (Å²) in [4.78, 5) is 21.6. The van der Waals surface area contributed by atoms with Gasteiger partial charge in [-0.1, -0.05) is 30.0 Å². The van der Waals surface area contributed by atoms with Crippen LogP contribution in [0.15, 0.2) is 41.7 Å². The molecule has 1 aliphatic rings. The van der Waals surface area contributed by atoms with Crippen molar-refractivity contribution in [3.63, 3.8) is 0 Å². The van der Waals surface area contributed by atoms with Crippen molar-refractivity contribution in [2.45, 2.75) is 5.16 Å².